The fourth-order valence-electron chi connectivity index (χ4n) is 4.35. The highest BCUT2D eigenvalue weighted by Gasteiger charge is 2.30. The molecule has 0 aliphatic carbocycles. The number of amidine groups is 1. The first kappa shape index (κ1) is 27.7. The van der Waals surface area contributed by atoms with Gasteiger partial charge >= 0.3 is 5.97 Å². The molecule has 9 heteroatoms. The first-order chi connectivity index (χ1) is 17.6. The minimum atomic E-state index is -1.16. The number of benzene rings is 2. The first-order valence-corrected chi connectivity index (χ1v) is 12.6. The van der Waals surface area contributed by atoms with Gasteiger partial charge in [-0.1, -0.05) is 13.3 Å². The zero-order chi connectivity index (χ0) is 27.3. The molecular formula is C28H35N3O6. The number of carbonyl (C=O) groups is 3. The van der Waals surface area contributed by atoms with Gasteiger partial charge in [-0.2, -0.15) is 0 Å². The number of fused-ring (bicyclic) bond motifs is 1. The second-order valence-corrected chi connectivity index (χ2v) is 9.23. The summed E-state index contributed by atoms with van der Waals surface area (Å²) in [5, 5.41) is 21.1. The second kappa shape index (κ2) is 11.9. The highest BCUT2D eigenvalue weighted by molar-refractivity contribution is 6.08. The van der Waals surface area contributed by atoms with E-state index in [0.717, 1.165) is 18.4 Å². The number of hydrogen-bond donors (Lipinski definition) is 3. The van der Waals surface area contributed by atoms with Crippen LogP contribution in [0.3, 0.4) is 0 Å². The smallest absolute Gasteiger partial charge is 0.339 e. The predicted octanol–water partition coefficient (Wildman–Crippen LogP) is 4.30. The van der Waals surface area contributed by atoms with Gasteiger partial charge in [0, 0.05) is 24.7 Å². The average molecular weight is 510 g/mol. The molecule has 0 atom stereocenters. The van der Waals surface area contributed by atoms with E-state index in [2.05, 4.69) is 5.32 Å². The summed E-state index contributed by atoms with van der Waals surface area (Å²) >= 11 is 0. The number of rotatable bonds is 12. The summed E-state index contributed by atoms with van der Waals surface area (Å²) in [6, 6.07) is 6.44. The molecule has 0 saturated carbocycles. The lowest BCUT2D eigenvalue weighted by Crippen LogP contribution is -2.30. The van der Waals surface area contributed by atoms with Crippen LogP contribution >= 0.6 is 0 Å². The van der Waals surface area contributed by atoms with Crippen molar-refractivity contribution in [2.75, 3.05) is 20.2 Å². The van der Waals surface area contributed by atoms with Crippen molar-refractivity contribution in [3.63, 3.8) is 0 Å². The van der Waals surface area contributed by atoms with Crippen molar-refractivity contribution in [3.8, 4) is 11.5 Å². The molecule has 0 radical (unpaired) electrons. The SMILES string of the molecule is CCCCc1cc(C(=O)CN2Cc3cc(OCC)c(C(=O)NC)cc3C2=N)cc(C(=O)O)c1OC(C)C. The number of carbonyl (C=O) groups excluding carboxylic acids is 2. The van der Waals surface area contributed by atoms with E-state index < -0.39 is 5.97 Å². The van der Waals surface area contributed by atoms with Gasteiger partial charge in [-0.25, -0.2) is 4.79 Å². The maximum Gasteiger partial charge on any atom is 0.339 e. The fraction of sp³-hybridized carbons (Fsp3) is 0.429. The normalized spacial score (nSPS) is 12.5. The Hall–Kier alpha value is -3.88. The molecule has 0 bridgehead atoms. The van der Waals surface area contributed by atoms with Crippen LogP contribution < -0.4 is 14.8 Å². The zero-order valence-corrected chi connectivity index (χ0v) is 22.1. The van der Waals surface area contributed by atoms with Crippen molar-refractivity contribution in [1.82, 2.24) is 10.2 Å². The molecule has 9 nitrogen and oxygen atoms in total. The Morgan fingerprint density at radius 2 is 1.86 bits per heavy atom. The number of ether oxygens (including phenoxy) is 2. The summed E-state index contributed by atoms with van der Waals surface area (Å²) in [6.07, 6.45) is 2.11. The second-order valence-electron chi connectivity index (χ2n) is 9.23. The highest BCUT2D eigenvalue weighted by Crippen LogP contribution is 2.32. The number of carboxylic acids is 1. The van der Waals surface area contributed by atoms with Gasteiger partial charge in [0.05, 0.1) is 24.8 Å². The molecule has 0 spiro atoms. The lowest BCUT2D eigenvalue weighted by Gasteiger charge is -2.20. The van der Waals surface area contributed by atoms with E-state index >= 15 is 0 Å². The Morgan fingerprint density at radius 3 is 2.46 bits per heavy atom. The summed E-state index contributed by atoms with van der Waals surface area (Å²) in [5.74, 6) is -0.924. The number of aryl methyl sites for hydroxylation is 1. The largest absolute Gasteiger partial charge is 0.493 e. The van der Waals surface area contributed by atoms with Crippen molar-refractivity contribution in [3.05, 3.63) is 57.6 Å². The van der Waals surface area contributed by atoms with Gasteiger partial charge in [-0.3, -0.25) is 15.0 Å². The van der Waals surface area contributed by atoms with Gasteiger partial charge < -0.3 is 24.8 Å². The van der Waals surface area contributed by atoms with Gasteiger partial charge in [-0.05, 0) is 69.0 Å². The fourth-order valence-corrected chi connectivity index (χ4v) is 4.35. The van der Waals surface area contributed by atoms with Crippen LogP contribution in [-0.4, -0.2) is 59.8 Å². The maximum absolute atomic E-state index is 13.4. The number of amides is 1. The molecule has 3 N–H and O–H groups in total. The van der Waals surface area contributed by atoms with Crippen LogP contribution in [0.2, 0.25) is 0 Å². The Balaban J connectivity index is 1.92. The van der Waals surface area contributed by atoms with E-state index in [1.807, 2.05) is 27.7 Å². The van der Waals surface area contributed by atoms with E-state index in [0.29, 0.717) is 47.8 Å². The van der Waals surface area contributed by atoms with Gasteiger partial charge in [0.15, 0.2) is 5.78 Å². The van der Waals surface area contributed by atoms with E-state index in [4.69, 9.17) is 14.9 Å². The standard InChI is InChI=1S/C28H35N3O6/c1-6-8-9-17-10-18(11-22(28(34)35)25(17)37-16(3)4)23(32)15-31-14-19-12-24(36-7-2)21(27(33)30-5)13-20(19)26(31)29/h10-13,16,29H,6-9,14-15H2,1-5H3,(H,30,33)(H,34,35). The number of Topliss-reactive ketones (excluding diaryl/α,β-unsaturated/α-hetero) is 1. The van der Waals surface area contributed by atoms with Crippen LogP contribution in [0.4, 0.5) is 0 Å². The minimum absolute atomic E-state index is 0.0398. The van der Waals surface area contributed by atoms with Crippen LogP contribution in [-0.2, 0) is 13.0 Å². The molecule has 0 fully saturated rings. The van der Waals surface area contributed by atoms with E-state index in [9.17, 15) is 19.5 Å². The summed E-state index contributed by atoms with van der Waals surface area (Å²) in [4.78, 5) is 39.4. The molecule has 0 saturated heterocycles. The highest BCUT2D eigenvalue weighted by atomic mass is 16.5. The van der Waals surface area contributed by atoms with Crippen LogP contribution in [0.5, 0.6) is 11.5 Å². The summed E-state index contributed by atoms with van der Waals surface area (Å²) in [7, 11) is 1.53. The van der Waals surface area contributed by atoms with Crippen LogP contribution in [0.15, 0.2) is 24.3 Å². The van der Waals surface area contributed by atoms with Crippen LogP contribution in [0.1, 0.15) is 88.3 Å². The Morgan fingerprint density at radius 1 is 1.14 bits per heavy atom. The molecule has 1 heterocycles. The third-order valence-electron chi connectivity index (χ3n) is 6.12. The average Bonchev–Trinajstić information content (AvgIpc) is 3.15. The summed E-state index contributed by atoms with van der Waals surface area (Å²) in [6.45, 7) is 8.10. The summed E-state index contributed by atoms with van der Waals surface area (Å²) in [5.41, 5.74) is 2.59. The minimum Gasteiger partial charge on any atom is -0.493 e. The molecule has 2 aromatic rings. The number of hydrogen-bond acceptors (Lipinski definition) is 6. The Bertz CT molecular complexity index is 1220. The van der Waals surface area contributed by atoms with Gasteiger partial charge in [0.25, 0.3) is 5.91 Å². The molecule has 198 valence electrons. The maximum atomic E-state index is 13.4. The molecule has 3 rings (SSSR count). The van der Waals surface area contributed by atoms with Crippen LogP contribution in [0, 0.1) is 5.41 Å². The first-order valence-electron chi connectivity index (χ1n) is 12.6. The van der Waals surface area contributed by atoms with E-state index in [1.165, 1.54) is 13.1 Å². The summed E-state index contributed by atoms with van der Waals surface area (Å²) < 4.78 is 11.5. The molecule has 1 aliphatic heterocycles. The van der Waals surface area contributed by atoms with E-state index in [-0.39, 0.29) is 41.3 Å². The van der Waals surface area contributed by atoms with Crippen molar-refractivity contribution >= 4 is 23.5 Å². The van der Waals surface area contributed by atoms with Gasteiger partial charge in [-0.15, -0.1) is 0 Å². The number of unbranched alkanes of at least 4 members (excludes halogenated alkanes) is 1. The lowest BCUT2D eigenvalue weighted by atomic mass is 9.97. The van der Waals surface area contributed by atoms with E-state index in [1.54, 1.807) is 23.1 Å². The zero-order valence-electron chi connectivity index (χ0n) is 22.1. The third kappa shape index (κ3) is 6.10. The van der Waals surface area contributed by atoms with Crippen molar-refractivity contribution in [2.45, 2.75) is 59.6 Å². The molecule has 1 aliphatic rings. The number of nitrogens with one attached hydrogen (secondary N) is 2. The third-order valence-corrected chi connectivity index (χ3v) is 6.12. The number of ketones is 1. The van der Waals surface area contributed by atoms with Gasteiger partial charge in [0.1, 0.15) is 22.9 Å². The predicted molar refractivity (Wildman–Crippen MR) is 140 cm³/mol. The van der Waals surface area contributed by atoms with Gasteiger partial charge in [0.2, 0.25) is 0 Å². The van der Waals surface area contributed by atoms with Crippen molar-refractivity contribution < 1.29 is 29.0 Å². The molecule has 37 heavy (non-hydrogen) atoms. The monoisotopic (exact) mass is 509 g/mol. The number of carboxylic acid groups (broad SMARTS) is 1. The molecular weight excluding hydrogens is 474 g/mol. The molecule has 0 aromatic heterocycles. The lowest BCUT2D eigenvalue weighted by molar-refractivity contribution is 0.0689. The Labute approximate surface area is 217 Å². The Kier molecular flexibility index (Phi) is 8.91. The van der Waals surface area contributed by atoms with Crippen molar-refractivity contribution in [1.29, 1.82) is 5.41 Å². The molecule has 2 aromatic carbocycles. The molecule has 0 unspecified atom stereocenters. The van der Waals surface area contributed by atoms with Crippen LogP contribution in [0.25, 0.3) is 0 Å². The molecule has 1 amide bonds. The quantitative estimate of drug-likeness (QED) is 0.364. The topological polar surface area (TPSA) is 129 Å². The number of nitrogens with zero attached hydrogens (tertiary/aromatic N) is 1. The van der Waals surface area contributed by atoms with Crippen molar-refractivity contribution in [2.24, 2.45) is 0 Å². The number of aromatic carboxylic acids is 1.